The topological polar surface area (TPSA) is 46.2 Å². The molecule has 3 nitrogen and oxygen atoms in total. The highest BCUT2D eigenvalue weighted by Gasteiger charge is 2.17. The van der Waals surface area contributed by atoms with E-state index in [1.54, 1.807) is 0 Å². The second kappa shape index (κ2) is 5.04. The van der Waals surface area contributed by atoms with Gasteiger partial charge in [-0.1, -0.05) is 0 Å². The van der Waals surface area contributed by atoms with Gasteiger partial charge in [0.2, 0.25) is 0 Å². The molecule has 1 saturated heterocycles. The highest BCUT2D eigenvalue weighted by molar-refractivity contribution is 7.90. The minimum absolute atomic E-state index is 0. The third-order valence-electron chi connectivity index (χ3n) is 2.00. The number of sulfone groups is 1. The molecule has 0 saturated carbocycles. The van der Waals surface area contributed by atoms with E-state index in [2.05, 4.69) is 5.32 Å². The van der Waals surface area contributed by atoms with Gasteiger partial charge >= 0.3 is 0 Å². The van der Waals surface area contributed by atoms with Gasteiger partial charge in [-0.15, -0.1) is 12.4 Å². The van der Waals surface area contributed by atoms with Crippen LogP contribution in [0.3, 0.4) is 0 Å². The van der Waals surface area contributed by atoms with Gasteiger partial charge in [-0.05, 0) is 31.8 Å². The van der Waals surface area contributed by atoms with Gasteiger partial charge in [0.15, 0.2) is 0 Å². The average molecular weight is 214 g/mol. The summed E-state index contributed by atoms with van der Waals surface area (Å²) in [7, 11) is -2.75. The Balaban J connectivity index is 0.00000121. The first-order valence-electron chi connectivity index (χ1n) is 3.96. The highest BCUT2D eigenvalue weighted by atomic mass is 35.5. The van der Waals surface area contributed by atoms with Crippen LogP contribution >= 0.6 is 12.4 Å². The third-order valence-corrected chi connectivity index (χ3v) is 3.07. The molecule has 1 N–H and O–H groups in total. The minimum atomic E-state index is -2.75. The normalized spacial score (nSPS) is 20.1. The Bertz CT molecular complexity index is 209. The molecule has 5 heteroatoms. The first-order chi connectivity index (χ1) is 5.08. The van der Waals surface area contributed by atoms with Gasteiger partial charge in [-0.3, -0.25) is 0 Å². The summed E-state index contributed by atoms with van der Waals surface area (Å²) in [5.41, 5.74) is 0. The first-order valence-corrected chi connectivity index (χ1v) is 6.02. The minimum Gasteiger partial charge on any atom is -0.317 e. The van der Waals surface area contributed by atoms with Crippen LogP contribution in [0, 0.1) is 5.92 Å². The lowest BCUT2D eigenvalue weighted by atomic mass is 10.0. The second-order valence-corrected chi connectivity index (χ2v) is 5.47. The van der Waals surface area contributed by atoms with E-state index in [4.69, 9.17) is 0 Å². The molecule has 0 aromatic carbocycles. The molecule has 1 fully saturated rings. The predicted molar refractivity (Wildman–Crippen MR) is 52.6 cm³/mol. The van der Waals surface area contributed by atoms with Crippen molar-refractivity contribution in [3.8, 4) is 0 Å². The number of piperidine rings is 1. The van der Waals surface area contributed by atoms with Crippen LogP contribution in [-0.4, -0.2) is 33.5 Å². The van der Waals surface area contributed by atoms with Crippen molar-refractivity contribution in [3.63, 3.8) is 0 Å². The summed E-state index contributed by atoms with van der Waals surface area (Å²) >= 11 is 0. The van der Waals surface area contributed by atoms with Crippen LogP contribution in [0.15, 0.2) is 0 Å². The highest BCUT2D eigenvalue weighted by Crippen LogP contribution is 2.13. The maximum absolute atomic E-state index is 10.9. The summed E-state index contributed by atoms with van der Waals surface area (Å²) < 4.78 is 21.8. The molecule has 1 rings (SSSR count). The number of nitrogens with one attached hydrogen (secondary N) is 1. The standard InChI is InChI=1S/C7H15NO2S.ClH/c1-11(9,10)6-7-2-4-8-5-3-7;/h7-8H,2-6H2,1H3;1H. The fourth-order valence-electron chi connectivity index (χ4n) is 1.48. The average Bonchev–Trinajstić information content (AvgIpc) is 1.85. The molecule has 74 valence electrons. The zero-order chi connectivity index (χ0) is 8.32. The number of halogens is 1. The van der Waals surface area contributed by atoms with Crippen LogP contribution in [-0.2, 0) is 9.84 Å². The summed E-state index contributed by atoms with van der Waals surface area (Å²) in [5, 5.41) is 3.21. The molecule has 12 heavy (non-hydrogen) atoms. The zero-order valence-electron chi connectivity index (χ0n) is 7.25. The Hall–Kier alpha value is 0.200. The summed E-state index contributed by atoms with van der Waals surface area (Å²) in [4.78, 5) is 0. The monoisotopic (exact) mass is 213 g/mol. The van der Waals surface area contributed by atoms with E-state index in [-0.39, 0.29) is 12.4 Å². The van der Waals surface area contributed by atoms with Gasteiger partial charge in [-0.2, -0.15) is 0 Å². The molecule has 0 radical (unpaired) electrons. The molecule has 1 aliphatic heterocycles. The lowest BCUT2D eigenvalue weighted by Crippen LogP contribution is -2.31. The predicted octanol–water partition coefficient (Wildman–Crippen LogP) is 0.452. The van der Waals surface area contributed by atoms with Gasteiger partial charge in [0, 0.05) is 6.26 Å². The molecule has 0 aromatic heterocycles. The molecule has 0 atom stereocenters. The molecule has 1 heterocycles. The molecule has 0 spiro atoms. The molecule has 0 amide bonds. The van der Waals surface area contributed by atoms with Crippen LogP contribution in [0.25, 0.3) is 0 Å². The SMILES string of the molecule is CS(=O)(=O)CC1CCNCC1.Cl. The Morgan fingerprint density at radius 3 is 2.25 bits per heavy atom. The van der Waals surface area contributed by atoms with E-state index >= 15 is 0 Å². The Labute approximate surface area is 80.3 Å². The smallest absolute Gasteiger partial charge is 0.147 e. The molecular formula is C7H16ClNO2S. The lowest BCUT2D eigenvalue weighted by molar-refractivity contribution is 0.402. The second-order valence-electron chi connectivity index (χ2n) is 3.29. The largest absolute Gasteiger partial charge is 0.317 e. The number of hydrogen-bond donors (Lipinski definition) is 1. The van der Waals surface area contributed by atoms with Crippen molar-refractivity contribution in [2.75, 3.05) is 25.1 Å². The van der Waals surface area contributed by atoms with Crippen molar-refractivity contribution in [2.24, 2.45) is 5.92 Å². The fraction of sp³-hybridized carbons (Fsp3) is 1.00. The van der Waals surface area contributed by atoms with E-state index < -0.39 is 9.84 Å². The maximum Gasteiger partial charge on any atom is 0.147 e. The van der Waals surface area contributed by atoms with Crippen molar-refractivity contribution in [3.05, 3.63) is 0 Å². The molecule has 0 unspecified atom stereocenters. The zero-order valence-corrected chi connectivity index (χ0v) is 8.88. The number of rotatable bonds is 2. The van der Waals surface area contributed by atoms with Crippen LogP contribution in [0.2, 0.25) is 0 Å². The Kier molecular flexibility index (Phi) is 5.13. The van der Waals surface area contributed by atoms with Crippen molar-refractivity contribution < 1.29 is 8.42 Å². The van der Waals surface area contributed by atoms with Gasteiger partial charge in [-0.25, -0.2) is 8.42 Å². The van der Waals surface area contributed by atoms with Gasteiger partial charge in [0.05, 0.1) is 5.75 Å². The van der Waals surface area contributed by atoms with Crippen molar-refractivity contribution in [2.45, 2.75) is 12.8 Å². The van der Waals surface area contributed by atoms with Crippen LogP contribution in [0.4, 0.5) is 0 Å². The molecule has 0 bridgehead atoms. The van der Waals surface area contributed by atoms with Crippen molar-refractivity contribution >= 4 is 22.2 Å². The molecule has 1 aliphatic rings. The first kappa shape index (κ1) is 12.2. The van der Waals surface area contributed by atoms with Gasteiger partial charge in [0.25, 0.3) is 0 Å². The summed E-state index contributed by atoms with van der Waals surface area (Å²) in [6, 6.07) is 0. The van der Waals surface area contributed by atoms with E-state index in [1.165, 1.54) is 6.26 Å². The van der Waals surface area contributed by atoms with E-state index in [0.29, 0.717) is 11.7 Å². The third kappa shape index (κ3) is 4.95. The van der Waals surface area contributed by atoms with Crippen LogP contribution < -0.4 is 5.32 Å². The summed E-state index contributed by atoms with van der Waals surface area (Å²) in [5.74, 6) is 0.764. The lowest BCUT2D eigenvalue weighted by Gasteiger charge is -2.21. The van der Waals surface area contributed by atoms with E-state index in [0.717, 1.165) is 25.9 Å². The van der Waals surface area contributed by atoms with Crippen molar-refractivity contribution in [1.29, 1.82) is 0 Å². The van der Waals surface area contributed by atoms with Gasteiger partial charge in [0.1, 0.15) is 9.84 Å². The molecule has 0 aromatic rings. The fourth-order valence-corrected chi connectivity index (χ4v) is 2.67. The Morgan fingerprint density at radius 2 is 1.83 bits per heavy atom. The van der Waals surface area contributed by atoms with Crippen LogP contribution in [0.1, 0.15) is 12.8 Å². The van der Waals surface area contributed by atoms with Gasteiger partial charge < -0.3 is 5.32 Å². The summed E-state index contributed by atoms with van der Waals surface area (Å²) in [6.45, 7) is 1.94. The van der Waals surface area contributed by atoms with Crippen LogP contribution in [0.5, 0.6) is 0 Å². The number of hydrogen-bond acceptors (Lipinski definition) is 3. The summed E-state index contributed by atoms with van der Waals surface area (Å²) in [6.07, 6.45) is 3.33. The molecule has 0 aliphatic carbocycles. The maximum atomic E-state index is 10.9. The Morgan fingerprint density at radius 1 is 1.33 bits per heavy atom. The quantitative estimate of drug-likeness (QED) is 0.725. The van der Waals surface area contributed by atoms with Crippen molar-refractivity contribution in [1.82, 2.24) is 5.32 Å². The molecular weight excluding hydrogens is 198 g/mol. The van der Waals surface area contributed by atoms with E-state index in [1.807, 2.05) is 0 Å². The van der Waals surface area contributed by atoms with E-state index in [9.17, 15) is 8.42 Å².